The minimum absolute atomic E-state index is 0.110. The van der Waals surface area contributed by atoms with Crippen LogP contribution in [-0.4, -0.2) is 38.2 Å². The second-order valence-corrected chi connectivity index (χ2v) is 9.27. The first kappa shape index (κ1) is 24.0. The first-order valence-electron chi connectivity index (χ1n) is 10.6. The first-order chi connectivity index (χ1) is 15.8. The van der Waals surface area contributed by atoms with E-state index in [0.29, 0.717) is 24.2 Å². The highest BCUT2D eigenvalue weighted by Gasteiger charge is 2.20. The van der Waals surface area contributed by atoms with Crippen LogP contribution in [0.15, 0.2) is 83.8 Å². The van der Waals surface area contributed by atoms with Crippen molar-refractivity contribution in [3.8, 4) is 0 Å². The molecule has 7 nitrogen and oxygen atoms in total. The summed E-state index contributed by atoms with van der Waals surface area (Å²) in [5.41, 5.74) is 2.19. The van der Waals surface area contributed by atoms with Crippen LogP contribution in [0.3, 0.4) is 0 Å². The van der Waals surface area contributed by atoms with Gasteiger partial charge in [-0.25, -0.2) is 8.42 Å². The van der Waals surface area contributed by atoms with Gasteiger partial charge in [0.05, 0.1) is 4.90 Å². The summed E-state index contributed by atoms with van der Waals surface area (Å²) in [5.74, 6) is -0.649. The van der Waals surface area contributed by atoms with Gasteiger partial charge >= 0.3 is 0 Å². The van der Waals surface area contributed by atoms with Gasteiger partial charge in [-0.3, -0.25) is 14.3 Å². The lowest BCUT2D eigenvalue weighted by Crippen LogP contribution is -2.38. The Morgan fingerprint density at radius 2 is 1.61 bits per heavy atom. The molecule has 0 bridgehead atoms. The molecule has 172 valence electrons. The van der Waals surface area contributed by atoms with Gasteiger partial charge in [0.2, 0.25) is 5.91 Å². The van der Waals surface area contributed by atoms with Crippen LogP contribution in [0.4, 0.5) is 11.4 Å². The predicted molar refractivity (Wildman–Crippen MR) is 130 cm³/mol. The van der Waals surface area contributed by atoms with Gasteiger partial charge in [-0.15, -0.1) is 0 Å². The summed E-state index contributed by atoms with van der Waals surface area (Å²) in [5, 5.41) is 2.84. The molecule has 8 heteroatoms. The predicted octanol–water partition coefficient (Wildman–Crippen LogP) is 4.29. The number of hydrogen-bond donors (Lipinski definition) is 2. The molecule has 0 aliphatic carbocycles. The van der Waals surface area contributed by atoms with Crippen molar-refractivity contribution in [1.29, 1.82) is 0 Å². The molecule has 0 heterocycles. The van der Waals surface area contributed by atoms with Crippen LogP contribution in [0, 0.1) is 6.92 Å². The molecular weight excluding hydrogens is 438 g/mol. The van der Waals surface area contributed by atoms with Gasteiger partial charge in [-0.1, -0.05) is 49.4 Å². The highest BCUT2D eigenvalue weighted by Crippen LogP contribution is 2.19. The number of hydrogen-bond acceptors (Lipinski definition) is 4. The summed E-state index contributed by atoms with van der Waals surface area (Å²) < 4.78 is 27.7. The number of para-hydroxylation sites is 1. The second kappa shape index (κ2) is 10.8. The minimum atomic E-state index is -3.78. The Morgan fingerprint density at radius 3 is 2.30 bits per heavy atom. The molecule has 2 N–H and O–H groups in total. The van der Waals surface area contributed by atoms with Crippen molar-refractivity contribution < 1.29 is 18.0 Å². The molecule has 0 aromatic heterocycles. The number of carbonyl (C=O) groups excluding carboxylic acids is 2. The molecule has 0 aliphatic heterocycles. The number of sulfonamides is 1. The first-order valence-corrected chi connectivity index (χ1v) is 12.1. The molecule has 33 heavy (non-hydrogen) atoms. The Hall–Kier alpha value is -3.65. The number of nitrogens with one attached hydrogen (secondary N) is 2. The zero-order chi connectivity index (χ0) is 23.8. The normalized spacial score (nSPS) is 11.0. The Morgan fingerprint density at radius 1 is 0.909 bits per heavy atom. The number of nitrogens with zero attached hydrogens (tertiary/aromatic N) is 1. The Labute approximate surface area is 194 Å². The van der Waals surface area contributed by atoms with E-state index < -0.39 is 10.0 Å². The Kier molecular flexibility index (Phi) is 7.84. The summed E-state index contributed by atoms with van der Waals surface area (Å²) in [6.07, 6.45) is 0.670. The number of aryl methyl sites for hydroxylation is 1. The average molecular weight is 466 g/mol. The third kappa shape index (κ3) is 6.43. The topological polar surface area (TPSA) is 95.6 Å². The average Bonchev–Trinajstić information content (AvgIpc) is 2.80. The fraction of sp³-hybridized carbons (Fsp3) is 0.200. The molecule has 3 rings (SSSR count). The van der Waals surface area contributed by atoms with Crippen molar-refractivity contribution in [2.45, 2.75) is 25.2 Å². The molecule has 3 aromatic rings. The summed E-state index contributed by atoms with van der Waals surface area (Å²) in [6.45, 7) is 4.09. The lowest BCUT2D eigenvalue weighted by atomic mass is 10.1. The van der Waals surface area contributed by atoms with Gasteiger partial charge in [0, 0.05) is 23.5 Å². The minimum Gasteiger partial charge on any atom is -0.329 e. The molecule has 0 radical (unpaired) electrons. The number of benzene rings is 3. The van der Waals surface area contributed by atoms with E-state index in [-0.39, 0.29) is 28.9 Å². The number of rotatable bonds is 9. The lowest BCUT2D eigenvalue weighted by molar-refractivity contribution is -0.116. The van der Waals surface area contributed by atoms with E-state index in [0.717, 1.165) is 5.56 Å². The second-order valence-electron chi connectivity index (χ2n) is 7.59. The van der Waals surface area contributed by atoms with Crippen molar-refractivity contribution in [2.75, 3.05) is 23.1 Å². The van der Waals surface area contributed by atoms with E-state index in [1.165, 1.54) is 23.1 Å². The third-order valence-corrected chi connectivity index (χ3v) is 6.35. The van der Waals surface area contributed by atoms with Gasteiger partial charge in [0.25, 0.3) is 15.9 Å². The molecule has 0 saturated carbocycles. The number of carbonyl (C=O) groups is 2. The fourth-order valence-electron chi connectivity index (χ4n) is 3.31. The molecule has 0 aliphatic rings. The maximum absolute atomic E-state index is 13.1. The van der Waals surface area contributed by atoms with E-state index in [9.17, 15) is 18.0 Å². The quantitative estimate of drug-likeness (QED) is 0.493. The molecule has 0 spiro atoms. The zero-order valence-corrected chi connectivity index (χ0v) is 19.4. The van der Waals surface area contributed by atoms with Crippen LogP contribution in [0.25, 0.3) is 0 Å². The summed E-state index contributed by atoms with van der Waals surface area (Å²) in [6, 6.07) is 21.7. The van der Waals surface area contributed by atoms with Crippen molar-refractivity contribution in [1.82, 2.24) is 4.90 Å². The van der Waals surface area contributed by atoms with E-state index in [2.05, 4.69) is 10.0 Å². The molecular formula is C25H27N3O4S. The lowest BCUT2D eigenvalue weighted by Gasteiger charge is -2.22. The Balaban J connectivity index is 1.74. The molecule has 0 fully saturated rings. The van der Waals surface area contributed by atoms with Crippen LogP contribution in [0.2, 0.25) is 0 Å². The van der Waals surface area contributed by atoms with Gasteiger partial charge in [0.15, 0.2) is 0 Å². The monoisotopic (exact) mass is 465 g/mol. The van der Waals surface area contributed by atoms with E-state index in [1.807, 2.05) is 38.1 Å². The SMILES string of the molecule is CCCN(CC(=O)Nc1ccccc1C)C(=O)c1cccc(NS(=O)(=O)c2ccccc2)c1. The van der Waals surface area contributed by atoms with Crippen LogP contribution in [-0.2, 0) is 14.8 Å². The van der Waals surface area contributed by atoms with Gasteiger partial charge in [-0.05, 0) is 55.3 Å². The standard InChI is InChI=1S/C25H27N3O4S/c1-3-16-28(18-24(29)26-23-15-8-7-10-19(23)2)25(30)20-11-9-12-21(17-20)27-33(31,32)22-13-5-4-6-14-22/h4-15,17,27H,3,16,18H2,1-2H3,(H,26,29). The summed E-state index contributed by atoms with van der Waals surface area (Å²) >= 11 is 0. The number of amides is 2. The zero-order valence-electron chi connectivity index (χ0n) is 18.6. The molecule has 0 unspecified atom stereocenters. The van der Waals surface area contributed by atoms with Crippen LogP contribution in [0.5, 0.6) is 0 Å². The van der Waals surface area contributed by atoms with Crippen LogP contribution in [0.1, 0.15) is 29.3 Å². The maximum atomic E-state index is 13.1. The molecule has 3 aromatic carbocycles. The van der Waals surface area contributed by atoms with Gasteiger partial charge < -0.3 is 10.2 Å². The van der Waals surface area contributed by atoms with Crippen LogP contribution >= 0.6 is 0 Å². The number of anilines is 2. The molecule has 0 atom stereocenters. The smallest absolute Gasteiger partial charge is 0.261 e. The summed E-state index contributed by atoms with van der Waals surface area (Å²) in [4.78, 5) is 27.3. The van der Waals surface area contributed by atoms with Crippen molar-refractivity contribution >= 4 is 33.2 Å². The third-order valence-electron chi connectivity index (χ3n) is 4.95. The van der Waals surface area contributed by atoms with Crippen molar-refractivity contribution in [3.63, 3.8) is 0 Å². The van der Waals surface area contributed by atoms with E-state index in [1.54, 1.807) is 36.4 Å². The van der Waals surface area contributed by atoms with E-state index >= 15 is 0 Å². The highest BCUT2D eigenvalue weighted by atomic mass is 32.2. The molecule has 0 saturated heterocycles. The van der Waals surface area contributed by atoms with Gasteiger partial charge in [-0.2, -0.15) is 0 Å². The maximum Gasteiger partial charge on any atom is 0.261 e. The molecule has 2 amide bonds. The fourth-order valence-corrected chi connectivity index (χ4v) is 4.38. The Bertz CT molecular complexity index is 1230. The van der Waals surface area contributed by atoms with E-state index in [4.69, 9.17) is 0 Å². The van der Waals surface area contributed by atoms with Crippen molar-refractivity contribution in [3.05, 3.63) is 90.0 Å². The van der Waals surface area contributed by atoms with Crippen molar-refractivity contribution in [2.24, 2.45) is 0 Å². The summed E-state index contributed by atoms with van der Waals surface area (Å²) in [7, 11) is -3.78. The highest BCUT2D eigenvalue weighted by molar-refractivity contribution is 7.92. The largest absolute Gasteiger partial charge is 0.329 e. The van der Waals surface area contributed by atoms with Crippen LogP contribution < -0.4 is 10.0 Å². The van der Waals surface area contributed by atoms with Gasteiger partial charge in [0.1, 0.15) is 6.54 Å².